The Morgan fingerprint density at radius 3 is 2.46 bits per heavy atom. The highest BCUT2D eigenvalue weighted by Crippen LogP contribution is 2.37. The smallest absolute Gasteiger partial charge is 0.175 e. The van der Waals surface area contributed by atoms with Crippen LogP contribution in [0, 0.1) is 0 Å². The summed E-state index contributed by atoms with van der Waals surface area (Å²) in [6.45, 7) is 5.68. The van der Waals surface area contributed by atoms with Gasteiger partial charge in [0.25, 0.3) is 0 Å². The number of halogens is 2. The van der Waals surface area contributed by atoms with Gasteiger partial charge in [-0.3, -0.25) is 0 Å². The van der Waals surface area contributed by atoms with E-state index < -0.39 is 0 Å². The molecule has 0 fully saturated rings. The average molecular weight is 415 g/mol. The fraction of sp³-hybridized carbons (Fsp3) is 0.368. The standard InChI is InChI=1S/C19H24BrNO2.ClH/c1-4-14(2)21-12-16-10-17(20)19(18(11-16)22-3)23-13-15-8-6-5-7-9-15;/h5-11,14,21H,4,12-13H2,1-3H3;1H. The largest absolute Gasteiger partial charge is 0.493 e. The summed E-state index contributed by atoms with van der Waals surface area (Å²) in [7, 11) is 1.67. The molecule has 0 heterocycles. The first-order valence-electron chi connectivity index (χ1n) is 7.90. The molecule has 0 spiro atoms. The normalized spacial score (nSPS) is 11.5. The molecule has 1 N–H and O–H groups in total. The second kappa shape index (κ2) is 10.6. The van der Waals surface area contributed by atoms with E-state index in [0.29, 0.717) is 12.6 Å². The van der Waals surface area contributed by atoms with Crippen molar-refractivity contribution in [2.45, 2.75) is 39.5 Å². The Kier molecular flexibility index (Phi) is 9.19. The van der Waals surface area contributed by atoms with Crippen molar-refractivity contribution in [3.05, 3.63) is 58.1 Å². The van der Waals surface area contributed by atoms with E-state index in [1.165, 1.54) is 5.56 Å². The molecular weight excluding hydrogens is 390 g/mol. The zero-order chi connectivity index (χ0) is 16.7. The summed E-state index contributed by atoms with van der Waals surface area (Å²) < 4.78 is 12.4. The lowest BCUT2D eigenvalue weighted by Crippen LogP contribution is -2.24. The molecule has 24 heavy (non-hydrogen) atoms. The Labute approximate surface area is 159 Å². The number of methoxy groups -OCH3 is 1. The molecule has 0 aliphatic carbocycles. The summed E-state index contributed by atoms with van der Waals surface area (Å²) in [6.07, 6.45) is 1.11. The summed E-state index contributed by atoms with van der Waals surface area (Å²) in [6, 6.07) is 14.7. The zero-order valence-electron chi connectivity index (χ0n) is 14.3. The molecule has 2 aromatic rings. The van der Waals surface area contributed by atoms with Crippen LogP contribution < -0.4 is 14.8 Å². The zero-order valence-corrected chi connectivity index (χ0v) is 16.7. The molecule has 0 aliphatic rings. The molecule has 2 aromatic carbocycles. The lowest BCUT2D eigenvalue weighted by atomic mass is 10.1. The van der Waals surface area contributed by atoms with E-state index in [2.05, 4.69) is 41.2 Å². The SMILES string of the molecule is CCC(C)NCc1cc(Br)c(OCc2ccccc2)c(OC)c1.Cl. The maximum Gasteiger partial charge on any atom is 0.175 e. The number of nitrogens with one attached hydrogen (secondary N) is 1. The molecule has 5 heteroatoms. The third-order valence-electron chi connectivity index (χ3n) is 3.78. The van der Waals surface area contributed by atoms with Gasteiger partial charge in [-0.05, 0) is 52.5 Å². The third kappa shape index (κ3) is 6.00. The lowest BCUT2D eigenvalue weighted by molar-refractivity contribution is 0.282. The predicted octanol–water partition coefficient (Wildman–Crippen LogP) is 5.35. The number of ether oxygens (including phenoxy) is 2. The molecule has 0 bridgehead atoms. The van der Waals surface area contributed by atoms with Crippen LogP contribution in [0.15, 0.2) is 46.9 Å². The van der Waals surface area contributed by atoms with Crippen LogP contribution in [0.25, 0.3) is 0 Å². The Balaban J connectivity index is 0.00000288. The number of hydrogen-bond acceptors (Lipinski definition) is 3. The number of hydrogen-bond donors (Lipinski definition) is 1. The molecule has 0 saturated heterocycles. The molecule has 0 amide bonds. The van der Waals surface area contributed by atoms with E-state index >= 15 is 0 Å². The van der Waals surface area contributed by atoms with Gasteiger partial charge in [0.2, 0.25) is 0 Å². The minimum Gasteiger partial charge on any atom is -0.493 e. The fourth-order valence-corrected chi connectivity index (χ4v) is 2.79. The Hall–Kier alpha value is -1.23. The Morgan fingerprint density at radius 2 is 1.83 bits per heavy atom. The van der Waals surface area contributed by atoms with Crippen molar-refractivity contribution in [2.75, 3.05) is 7.11 Å². The Bertz CT molecular complexity index is 622. The van der Waals surface area contributed by atoms with Crippen molar-refractivity contribution in [3.63, 3.8) is 0 Å². The molecule has 1 unspecified atom stereocenters. The van der Waals surface area contributed by atoms with Crippen LogP contribution in [-0.2, 0) is 13.2 Å². The van der Waals surface area contributed by atoms with Crippen LogP contribution in [0.1, 0.15) is 31.4 Å². The topological polar surface area (TPSA) is 30.5 Å². The van der Waals surface area contributed by atoms with Crippen molar-refractivity contribution >= 4 is 28.3 Å². The number of benzene rings is 2. The van der Waals surface area contributed by atoms with E-state index in [4.69, 9.17) is 9.47 Å². The molecule has 0 saturated carbocycles. The first-order valence-corrected chi connectivity index (χ1v) is 8.69. The summed E-state index contributed by atoms with van der Waals surface area (Å²) in [5, 5.41) is 3.49. The highest BCUT2D eigenvalue weighted by molar-refractivity contribution is 9.10. The van der Waals surface area contributed by atoms with Crippen LogP contribution in [0.2, 0.25) is 0 Å². The van der Waals surface area contributed by atoms with E-state index in [1.54, 1.807) is 7.11 Å². The van der Waals surface area contributed by atoms with Crippen molar-refractivity contribution in [3.8, 4) is 11.5 Å². The van der Waals surface area contributed by atoms with Crippen molar-refractivity contribution in [2.24, 2.45) is 0 Å². The van der Waals surface area contributed by atoms with Crippen molar-refractivity contribution in [1.82, 2.24) is 5.32 Å². The molecular formula is C19H25BrClNO2. The van der Waals surface area contributed by atoms with E-state index in [-0.39, 0.29) is 12.4 Å². The van der Waals surface area contributed by atoms with E-state index in [9.17, 15) is 0 Å². The summed E-state index contributed by atoms with van der Waals surface area (Å²) in [5.74, 6) is 1.49. The summed E-state index contributed by atoms with van der Waals surface area (Å²) >= 11 is 3.60. The Morgan fingerprint density at radius 1 is 1.12 bits per heavy atom. The van der Waals surface area contributed by atoms with Gasteiger partial charge in [-0.2, -0.15) is 0 Å². The molecule has 2 rings (SSSR count). The quantitative estimate of drug-likeness (QED) is 0.632. The molecule has 0 aromatic heterocycles. The van der Waals surface area contributed by atoms with Crippen LogP contribution in [0.4, 0.5) is 0 Å². The molecule has 0 aliphatic heterocycles. The fourth-order valence-electron chi connectivity index (χ4n) is 2.18. The maximum absolute atomic E-state index is 5.95. The summed E-state index contributed by atoms with van der Waals surface area (Å²) in [5.41, 5.74) is 2.30. The van der Waals surface area contributed by atoms with Gasteiger partial charge in [0.05, 0.1) is 11.6 Å². The predicted molar refractivity (Wildman–Crippen MR) is 105 cm³/mol. The minimum absolute atomic E-state index is 0. The van der Waals surface area contributed by atoms with Crippen LogP contribution in [0.3, 0.4) is 0 Å². The van der Waals surface area contributed by atoms with Gasteiger partial charge in [0.1, 0.15) is 6.61 Å². The summed E-state index contributed by atoms with van der Waals surface area (Å²) in [4.78, 5) is 0. The lowest BCUT2D eigenvalue weighted by Gasteiger charge is -2.16. The van der Waals surface area contributed by atoms with Crippen molar-refractivity contribution in [1.29, 1.82) is 0 Å². The van der Waals surface area contributed by atoms with Gasteiger partial charge in [0, 0.05) is 12.6 Å². The third-order valence-corrected chi connectivity index (χ3v) is 4.37. The van der Waals surface area contributed by atoms with Gasteiger partial charge < -0.3 is 14.8 Å². The molecule has 132 valence electrons. The second-order valence-electron chi connectivity index (χ2n) is 5.57. The molecule has 0 radical (unpaired) electrons. The first-order chi connectivity index (χ1) is 11.1. The monoisotopic (exact) mass is 413 g/mol. The van der Waals surface area contributed by atoms with Crippen LogP contribution in [0.5, 0.6) is 11.5 Å². The van der Waals surface area contributed by atoms with Crippen molar-refractivity contribution < 1.29 is 9.47 Å². The average Bonchev–Trinajstić information content (AvgIpc) is 2.59. The highest BCUT2D eigenvalue weighted by atomic mass is 79.9. The van der Waals surface area contributed by atoms with Gasteiger partial charge >= 0.3 is 0 Å². The minimum atomic E-state index is 0. The maximum atomic E-state index is 5.95. The number of rotatable bonds is 8. The van der Waals surface area contributed by atoms with Gasteiger partial charge in [-0.25, -0.2) is 0 Å². The van der Waals surface area contributed by atoms with Gasteiger partial charge in [-0.15, -0.1) is 12.4 Å². The first kappa shape index (κ1) is 20.8. The van der Waals surface area contributed by atoms with Gasteiger partial charge in [-0.1, -0.05) is 37.3 Å². The molecule has 3 nitrogen and oxygen atoms in total. The van der Waals surface area contributed by atoms with Gasteiger partial charge in [0.15, 0.2) is 11.5 Å². The molecule has 1 atom stereocenters. The van der Waals surface area contributed by atoms with E-state index in [0.717, 1.165) is 34.5 Å². The van der Waals surface area contributed by atoms with E-state index in [1.807, 2.05) is 36.4 Å². The second-order valence-corrected chi connectivity index (χ2v) is 6.43. The highest BCUT2D eigenvalue weighted by Gasteiger charge is 2.12. The van der Waals surface area contributed by atoms with Crippen LogP contribution in [-0.4, -0.2) is 13.2 Å². The van der Waals surface area contributed by atoms with Crippen LogP contribution >= 0.6 is 28.3 Å².